The zero-order valence-corrected chi connectivity index (χ0v) is 15.3. The van der Waals surface area contributed by atoms with Gasteiger partial charge < -0.3 is 10.3 Å². The minimum Gasteiger partial charge on any atom is -0.350 e. The second-order valence-electron chi connectivity index (χ2n) is 6.40. The Balaban J connectivity index is 1.37. The summed E-state index contributed by atoms with van der Waals surface area (Å²) in [5.74, 6) is 0.436. The topological polar surface area (TPSA) is 75.1 Å². The molecule has 0 spiro atoms. The maximum Gasteiger partial charge on any atom is 0.272 e. The molecule has 3 aromatic heterocycles. The third-order valence-electron chi connectivity index (χ3n) is 4.50. The average Bonchev–Trinajstić information content (AvgIpc) is 3.32. The minimum atomic E-state index is -0.211. The first-order chi connectivity index (χ1) is 13.7. The highest BCUT2D eigenvalue weighted by atomic mass is 35.5. The van der Waals surface area contributed by atoms with E-state index in [1.165, 1.54) is 0 Å². The van der Waals surface area contributed by atoms with E-state index in [4.69, 9.17) is 11.6 Å². The number of carbonyl (C=O) groups is 1. The zero-order chi connectivity index (χ0) is 19.1. The number of aromatic nitrogens is 4. The van der Waals surface area contributed by atoms with Gasteiger partial charge >= 0.3 is 0 Å². The summed E-state index contributed by atoms with van der Waals surface area (Å²) in [4.78, 5) is 24.4. The largest absolute Gasteiger partial charge is 0.350 e. The summed E-state index contributed by atoms with van der Waals surface area (Å²) < 4.78 is 1.87. The van der Waals surface area contributed by atoms with Crippen molar-refractivity contribution in [2.75, 3.05) is 5.32 Å². The Hall–Kier alpha value is -3.64. The number of hydrogen-bond acceptors (Lipinski definition) is 3. The van der Waals surface area contributed by atoms with Gasteiger partial charge in [-0.25, -0.2) is 9.97 Å². The lowest BCUT2D eigenvalue weighted by atomic mass is 10.1. The second kappa shape index (κ2) is 6.51. The molecule has 0 saturated carbocycles. The van der Waals surface area contributed by atoms with E-state index >= 15 is 0 Å². The van der Waals surface area contributed by atoms with Gasteiger partial charge in [0.05, 0.1) is 5.69 Å². The molecule has 5 aromatic rings. The van der Waals surface area contributed by atoms with Crippen molar-refractivity contribution in [1.29, 1.82) is 0 Å². The molecule has 0 radical (unpaired) electrons. The molecule has 0 unspecified atom stereocenters. The van der Waals surface area contributed by atoms with Gasteiger partial charge in [-0.15, -0.1) is 0 Å². The fourth-order valence-corrected chi connectivity index (χ4v) is 3.29. The number of nitrogens with one attached hydrogen (secondary N) is 2. The molecule has 7 heteroatoms. The molecule has 28 heavy (non-hydrogen) atoms. The number of carbonyl (C=O) groups excluding carboxylic acids is 1. The summed E-state index contributed by atoms with van der Waals surface area (Å²) in [5, 5.41) is 4.46. The van der Waals surface area contributed by atoms with E-state index in [9.17, 15) is 4.79 Å². The Morgan fingerprint density at radius 1 is 1.11 bits per heavy atom. The molecule has 0 aliphatic heterocycles. The molecular formula is C21H14ClN5O. The smallest absolute Gasteiger partial charge is 0.272 e. The number of rotatable bonds is 3. The fourth-order valence-electron chi connectivity index (χ4n) is 3.11. The van der Waals surface area contributed by atoms with Gasteiger partial charge in [-0.1, -0.05) is 29.8 Å². The van der Waals surface area contributed by atoms with Crippen molar-refractivity contribution < 1.29 is 4.79 Å². The minimum absolute atomic E-state index is 0.211. The van der Waals surface area contributed by atoms with E-state index in [0.29, 0.717) is 22.2 Å². The molecule has 5 rings (SSSR count). The number of nitrogens with zero attached hydrogens (tertiary/aromatic N) is 3. The van der Waals surface area contributed by atoms with Crippen LogP contribution in [-0.4, -0.2) is 25.3 Å². The molecule has 136 valence electrons. The third kappa shape index (κ3) is 3.00. The first-order valence-electron chi connectivity index (χ1n) is 8.65. The van der Waals surface area contributed by atoms with Crippen molar-refractivity contribution in [3.8, 4) is 11.3 Å². The van der Waals surface area contributed by atoms with Gasteiger partial charge in [0.1, 0.15) is 5.69 Å². The first kappa shape index (κ1) is 16.5. The van der Waals surface area contributed by atoms with Crippen LogP contribution in [-0.2, 0) is 0 Å². The molecule has 0 bridgehead atoms. The molecule has 2 N–H and O–H groups in total. The van der Waals surface area contributed by atoms with Gasteiger partial charge in [-0.05, 0) is 36.4 Å². The van der Waals surface area contributed by atoms with E-state index in [1.54, 1.807) is 24.4 Å². The molecule has 0 fully saturated rings. The lowest BCUT2D eigenvalue weighted by molar-refractivity contribution is 0.102. The van der Waals surface area contributed by atoms with Crippen molar-refractivity contribution in [1.82, 2.24) is 19.4 Å². The fraction of sp³-hybridized carbons (Fsp3) is 0. The van der Waals surface area contributed by atoms with Crippen molar-refractivity contribution in [3.05, 3.63) is 83.9 Å². The quantitative estimate of drug-likeness (QED) is 0.467. The average molecular weight is 388 g/mol. The Morgan fingerprint density at radius 3 is 2.79 bits per heavy atom. The molecule has 0 saturated heterocycles. The number of halogens is 1. The third-order valence-corrected chi connectivity index (χ3v) is 4.74. The Labute approximate surface area is 164 Å². The molecule has 0 atom stereocenters. The van der Waals surface area contributed by atoms with Gasteiger partial charge in [0.2, 0.25) is 5.78 Å². The molecular weight excluding hydrogens is 374 g/mol. The van der Waals surface area contributed by atoms with E-state index in [2.05, 4.69) is 20.3 Å². The van der Waals surface area contributed by atoms with Gasteiger partial charge in [-0.3, -0.25) is 9.20 Å². The number of amides is 1. The van der Waals surface area contributed by atoms with Crippen LogP contribution in [0.2, 0.25) is 5.02 Å². The SMILES string of the molecule is O=C(Nc1ccc(-c2cn3cccnc3n2)cc1)c1cc2ccc(Cl)cc2[nH]1. The van der Waals surface area contributed by atoms with Crippen molar-refractivity contribution >= 4 is 39.9 Å². The molecule has 6 nitrogen and oxygen atoms in total. The maximum atomic E-state index is 12.5. The lowest BCUT2D eigenvalue weighted by Crippen LogP contribution is -2.12. The van der Waals surface area contributed by atoms with Crippen molar-refractivity contribution in [2.24, 2.45) is 0 Å². The highest BCUT2D eigenvalue weighted by molar-refractivity contribution is 6.31. The Kier molecular flexibility index (Phi) is 3.84. The Bertz CT molecular complexity index is 1290. The van der Waals surface area contributed by atoms with Gasteiger partial charge in [0.25, 0.3) is 5.91 Å². The summed E-state index contributed by atoms with van der Waals surface area (Å²) in [6.07, 6.45) is 5.54. The lowest BCUT2D eigenvalue weighted by Gasteiger charge is -2.04. The molecule has 0 aliphatic rings. The van der Waals surface area contributed by atoms with Crippen LogP contribution in [0.25, 0.3) is 27.9 Å². The van der Waals surface area contributed by atoms with Crippen molar-refractivity contribution in [2.45, 2.75) is 0 Å². The first-order valence-corrected chi connectivity index (χ1v) is 9.03. The van der Waals surface area contributed by atoms with E-state index in [1.807, 2.05) is 53.2 Å². The van der Waals surface area contributed by atoms with Crippen LogP contribution in [0.3, 0.4) is 0 Å². The van der Waals surface area contributed by atoms with Crippen molar-refractivity contribution in [3.63, 3.8) is 0 Å². The number of fused-ring (bicyclic) bond motifs is 2. The van der Waals surface area contributed by atoms with E-state index in [0.717, 1.165) is 22.2 Å². The van der Waals surface area contributed by atoms with E-state index in [-0.39, 0.29) is 5.91 Å². The number of imidazole rings is 1. The Morgan fingerprint density at radius 2 is 1.96 bits per heavy atom. The van der Waals surface area contributed by atoms with Crippen LogP contribution < -0.4 is 5.32 Å². The molecule has 1 amide bonds. The van der Waals surface area contributed by atoms with Gasteiger partial charge in [0, 0.05) is 45.8 Å². The van der Waals surface area contributed by atoms with Crippen LogP contribution in [0, 0.1) is 0 Å². The highest BCUT2D eigenvalue weighted by Crippen LogP contribution is 2.23. The summed E-state index contributed by atoms with van der Waals surface area (Å²) in [6.45, 7) is 0. The maximum absolute atomic E-state index is 12.5. The summed E-state index contributed by atoms with van der Waals surface area (Å²) >= 11 is 6.00. The predicted octanol–water partition coefficient (Wildman–Crippen LogP) is 4.78. The number of hydrogen-bond donors (Lipinski definition) is 2. The molecule has 2 aromatic carbocycles. The summed E-state index contributed by atoms with van der Waals surface area (Å²) in [5.41, 5.74) is 3.78. The second-order valence-corrected chi connectivity index (χ2v) is 6.84. The zero-order valence-electron chi connectivity index (χ0n) is 14.6. The predicted molar refractivity (Wildman–Crippen MR) is 110 cm³/mol. The number of benzene rings is 2. The van der Waals surface area contributed by atoms with Crippen LogP contribution in [0.15, 0.2) is 73.2 Å². The van der Waals surface area contributed by atoms with Crippen LogP contribution in [0.5, 0.6) is 0 Å². The number of anilines is 1. The normalized spacial score (nSPS) is 11.2. The van der Waals surface area contributed by atoms with Gasteiger partial charge in [0.15, 0.2) is 0 Å². The summed E-state index contributed by atoms with van der Waals surface area (Å²) in [6, 6.07) is 16.7. The van der Waals surface area contributed by atoms with Crippen LogP contribution in [0.1, 0.15) is 10.5 Å². The number of H-pyrrole nitrogens is 1. The van der Waals surface area contributed by atoms with Gasteiger partial charge in [-0.2, -0.15) is 0 Å². The van der Waals surface area contributed by atoms with E-state index < -0.39 is 0 Å². The van der Waals surface area contributed by atoms with Crippen LogP contribution in [0.4, 0.5) is 5.69 Å². The highest BCUT2D eigenvalue weighted by Gasteiger charge is 2.11. The monoisotopic (exact) mass is 387 g/mol. The summed E-state index contributed by atoms with van der Waals surface area (Å²) in [7, 11) is 0. The molecule has 0 aliphatic carbocycles. The molecule has 3 heterocycles. The number of aromatic amines is 1. The van der Waals surface area contributed by atoms with Crippen LogP contribution >= 0.6 is 11.6 Å². The standard InChI is InChI=1S/C21H14ClN5O/c22-15-5-2-14-10-18(25-17(14)11-15)20(28)24-16-6-3-13(4-7-16)19-12-27-9-1-8-23-21(27)26-19/h1-12,25H,(H,24,28).